The topological polar surface area (TPSA) is 70.2 Å². The molecule has 0 saturated heterocycles. The highest BCUT2D eigenvalue weighted by Gasteiger charge is 2.22. The molecular weight excluding hydrogens is 302 g/mol. The first-order valence-corrected chi connectivity index (χ1v) is 8.16. The zero-order valence-electron chi connectivity index (χ0n) is 13.8. The van der Waals surface area contributed by atoms with E-state index < -0.39 is 0 Å². The molecule has 0 aromatic heterocycles. The number of fused-ring (bicyclic) bond motifs is 1. The number of hydrogen-bond donors (Lipinski definition) is 3. The molecule has 1 heterocycles. The van der Waals surface area contributed by atoms with Crippen LogP contribution in [0.3, 0.4) is 0 Å². The molecule has 0 fully saturated rings. The van der Waals surface area contributed by atoms with E-state index in [4.69, 9.17) is 0 Å². The molecular formula is C19H21N3O2. The summed E-state index contributed by atoms with van der Waals surface area (Å²) in [5.41, 5.74) is 3.75. The van der Waals surface area contributed by atoms with Crippen LogP contribution in [0.2, 0.25) is 0 Å². The number of carbonyl (C=O) groups excluding carboxylic acids is 2. The van der Waals surface area contributed by atoms with Crippen molar-refractivity contribution in [1.82, 2.24) is 0 Å². The normalized spacial score (nSPS) is 16.4. The van der Waals surface area contributed by atoms with Gasteiger partial charge in [0.15, 0.2) is 0 Å². The second-order valence-corrected chi connectivity index (χ2v) is 6.03. The maximum absolute atomic E-state index is 12.7. The van der Waals surface area contributed by atoms with Crippen LogP contribution in [-0.4, -0.2) is 17.9 Å². The van der Waals surface area contributed by atoms with Crippen LogP contribution < -0.4 is 16.0 Å². The summed E-state index contributed by atoms with van der Waals surface area (Å²) in [6, 6.07) is 13.1. The van der Waals surface area contributed by atoms with E-state index >= 15 is 0 Å². The maximum atomic E-state index is 12.7. The van der Waals surface area contributed by atoms with Gasteiger partial charge in [-0.2, -0.15) is 0 Å². The molecule has 2 aromatic carbocycles. The summed E-state index contributed by atoms with van der Waals surface area (Å²) in [5, 5.41) is 9.05. The Kier molecular flexibility index (Phi) is 4.51. The van der Waals surface area contributed by atoms with Crippen molar-refractivity contribution in [2.75, 3.05) is 16.0 Å². The van der Waals surface area contributed by atoms with Gasteiger partial charge in [-0.15, -0.1) is 0 Å². The molecule has 1 aliphatic heterocycles. The Morgan fingerprint density at radius 3 is 2.83 bits per heavy atom. The summed E-state index contributed by atoms with van der Waals surface area (Å²) in [7, 11) is 0. The van der Waals surface area contributed by atoms with Gasteiger partial charge in [0.2, 0.25) is 5.91 Å². The molecule has 2 aromatic rings. The van der Waals surface area contributed by atoms with Gasteiger partial charge in [0.05, 0.1) is 16.9 Å². The average molecular weight is 323 g/mol. The lowest BCUT2D eigenvalue weighted by Gasteiger charge is -2.16. The van der Waals surface area contributed by atoms with Crippen molar-refractivity contribution in [3.8, 4) is 0 Å². The molecule has 1 aliphatic rings. The highest BCUT2D eigenvalue weighted by atomic mass is 16.2. The maximum Gasteiger partial charge on any atom is 0.257 e. The molecule has 5 heteroatoms. The van der Waals surface area contributed by atoms with Gasteiger partial charge in [0.25, 0.3) is 5.91 Å². The van der Waals surface area contributed by atoms with Gasteiger partial charge < -0.3 is 16.0 Å². The molecule has 1 unspecified atom stereocenters. The Hall–Kier alpha value is -2.82. The van der Waals surface area contributed by atoms with Crippen LogP contribution in [0, 0.1) is 0 Å². The molecule has 124 valence electrons. The monoisotopic (exact) mass is 323 g/mol. The molecule has 2 amide bonds. The first kappa shape index (κ1) is 16.1. The van der Waals surface area contributed by atoms with Crippen LogP contribution in [0.1, 0.15) is 36.2 Å². The van der Waals surface area contributed by atoms with Crippen molar-refractivity contribution in [2.45, 2.75) is 32.7 Å². The zero-order chi connectivity index (χ0) is 17.1. The number of amides is 2. The van der Waals surface area contributed by atoms with Gasteiger partial charge in [-0.25, -0.2) is 0 Å². The van der Waals surface area contributed by atoms with Crippen molar-refractivity contribution < 1.29 is 9.59 Å². The standard InChI is InChI=1S/C19H21N3O2/c1-3-13-6-4-7-14(11-13)21-19(24)15-8-5-9-16-18(15)20-12(2)10-17(23)22-16/h4-9,11-12,20H,3,10H2,1-2H3,(H,21,24)(H,22,23). The minimum Gasteiger partial charge on any atom is -0.380 e. The van der Waals surface area contributed by atoms with Crippen LogP contribution in [0.25, 0.3) is 0 Å². The third kappa shape index (κ3) is 3.40. The second-order valence-electron chi connectivity index (χ2n) is 6.03. The van der Waals surface area contributed by atoms with Crippen LogP contribution >= 0.6 is 0 Å². The Labute approximate surface area is 141 Å². The van der Waals surface area contributed by atoms with Gasteiger partial charge in [0.1, 0.15) is 0 Å². The Bertz CT molecular complexity index is 786. The van der Waals surface area contributed by atoms with Gasteiger partial charge in [-0.3, -0.25) is 9.59 Å². The largest absolute Gasteiger partial charge is 0.380 e. The molecule has 1 atom stereocenters. The van der Waals surface area contributed by atoms with E-state index in [1.165, 1.54) is 5.56 Å². The van der Waals surface area contributed by atoms with Crippen molar-refractivity contribution in [3.63, 3.8) is 0 Å². The van der Waals surface area contributed by atoms with Crippen LogP contribution in [0.15, 0.2) is 42.5 Å². The van der Waals surface area contributed by atoms with Gasteiger partial charge in [-0.05, 0) is 43.2 Å². The number of nitrogens with one attached hydrogen (secondary N) is 3. The Morgan fingerprint density at radius 1 is 1.25 bits per heavy atom. The molecule has 0 radical (unpaired) electrons. The Morgan fingerprint density at radius 2 is 2.04 bits per heavy atom. The SMILES string of the molecule is CCc1cccc(NC(=O)c2cccc3c2NC(C)CC(=O)N3)c1. The van der Waals surface area contributed by atoms with E-state index in [-0.39, 0.29) is 17.9 Å². The van der Waals surface area contributed by atoms with E-state index in [9.17, 15) is 9.59 Å². The fourth-order valence-electron chi connectivity index (χ4n) is 2.85. The van der Waals surface area contributed by atoms with Crippen molar-refractivity contribution in [2.24, 2.45) is 0 Å². The summed E-state index contributed by atoms with van der Waals surface area (Å²) >= 11 is 0. The minimum absolute atomic E-state index is 0.0383. The molecule has 3 N–H and O–H groups in total. The quantitative estimate of drug-likeness (QED) is 0.807. The Balaban J connectivity index is 1.90. The van der Waals surface area contributed by atoms with Gasteiger partial charge in [-0.1, -0.05) is 25.1 Å². The number of rotatable bonds is 3. The van der Waals surface area contributed by atoms with E-state index in [0.29, 0.717) is 23.4 Å². The average Bonchev–Trinajstić information content (AvgIpc) is 2.70. The molecule has 0 bridgehead atoms. The molecule has 0 saturated carbocycles. The lowest BCUT2D eigenvalue weighted by molar-refractivity contribution is -0.116. The number of hydrogen-bond acceptors (Lipinski definition) is 3. The van der Waals surface area contributed by atoms with Crippen LogP contribution in [0.4, 0.5) is 17.1 Å². The van der Waals surface area contributed by atoms with E-state index in [1.54, 1.807) is 18.2 Å². The highest BCUT2D eigenvalue weighted by molar-refractivity contribution is 6.11. The zero-order valence-corrected chi connectivity index (χ0v) is 13.8. The summed E-state index contributed by atoms with van der Waals surface area (Å²) < 4.78 is 0. The molecule has 24 heavy (non-hydrogen) atoms. The van der Waals surface area contributed by atoms with Gasteiger partial charge in [0, 0.05) is 18.2 Å². The van der Waals surface area contributed by atoms with Crippen LogP contribution in [-0.2, 0) is 11.2 Å². The number of benzene rings is 2. The third-order valence-corrected chi connectivity index (χ3v) is 4.06. The number of aryl methyl sites for hydroxylation is 1. The molecule has 0 aliphatic carbocycles. The van der Waals surface area contributed by atoms with Crippen molar-refractivity contribution in [3.05, 3.63) is 53.6 Å². The van der Waals surface area contributed by atoms with E-state index in [2.05, 4.69) is 22.9 Å². The highest BCUT2D eigenvalue weighted by Crippen LogP contribution is 2.30. The van der Waals surface area contributed by atoms with E-state index in [1.807, 2.05) is 31.2 Å². The molecule has 5 nitrogen and oxygen atoms in total. The third-order valence-electron chi connectivity index (χ3n) is 4.06. The van der Waals surface area contributed by atoms with Crippen molar-refractivity contribution in [1.29, 1.82) is 0 Å². The van der Waals surface area contributed by atoms with Gasteiger partial charge >= 0.3 is 0 Å². The fourth-order valence-corrected chi connectivity index (χ4v) is 2.85. The second kappa shape index (κ2) is 6.74. The lowest BCUT2D eigenvalue weighted by atomic mass is 10.1. The number of para-hydroxylation sites is 1. The lowest BCUT2D eigenvalue weighted by Crippen LogP contribution is -2.20. The first-order valence-electron chi connectivity index (χ1n) is 8.16. The fraction of sp³-hybridized carbons (Fsp3) is 0.263. The first-order chi connectivity index (χ1) is 11.6. The minimum atomic E-state index is -0.198. The predicted molar refractivity (Wildman–Crippen MR) is 96.5 cm³/mol. The summed E-state index contributed by atoms with van der Waals surface area (Å²) in [5.74, 6) is -0.252. The van der Waals surface area contributed by atoms with E-state index in [0.717, 1.165) is 12.1 Å². The predicted octanol–water partition coefficient (Wildman–Crippen LogP) is 3.64. The smallest absolute Gasteiger partial charge is 0.257 e. The molecule has 3 rings (SSSR count). The number of carbonyl (C=O) groups is 2. The summed E-state index contributed by atoms with van der Waals surface area (Å²) in [6.07, 6.45) is 1.28. The molecule has 0 spiro atoms. The summed E-state index contributed by atoms with van der Waals surface area (Å²) in [6.45, 7) is 4.00. The van der Waals surface area contributed by atoms with Crippen molar-refractivity contribution >= 4 is 28.9 Å². The van der Waals surface area contributed by atoms with Crippen LogP contribution in [0.5, 0.6) is 0 Å². The summed E-state index contributed by atoms with van der Waals surface area (Å²) in [4.78, 5) is 24.6. The number of anilines is 3.